The third kappa shape index (κ3) is 5.55. The van der Waals surface area contributed by atoms with Crippen LogP contribution in [0.5, 0.6) is 0 Å². The van der Waals surface area contributed by atoms with Gasteiger partial charge in [-0.05, 0) is 18.6 Å². The lowest BCUT2D eigenvalue weighted by molar-refractivity contribution is -0.148. The van der Waals surface area contributed by atoms with E-state index in [1.807, 2.05) is 0 Å². The number of carbonyl (C=O) groups excluding carboxylic acids is 1. The Morgan fingerprint density at radius 3 is 2.55 bits per heavy atom. The van der Waals surface area contributed by atoms with Crippen molar-refractivity contribution in [1.29, 1.82) is 0 Å². The molecule has 0 spiro atoms. The number of nitrogens with zero attached hydrogens (tertiary/aromatic N) is 2. The number of nitrogens with one attached hydrogen (secondary N) is 1. The number of halogens is 3. The molecule has 2 amide bonds. The van der Waals surface area contributed by atoms with Crippen LogP contribution in [0.15, 0.2) is 18.5 Å². The number of rotatable bonds is 4. The molecule has 9 heteroatoms. The summed E-state index contributed by atoms with van der Waals surface area (Å²) in [6.45, 7) is -1.01. The molecule has 1 heterocycles. The monoisotopic (exact) mass is 291 g/mol. The summed E-state index contributed by atoms with van der Waals surface area (Å²) in [6, 6.07) is 0.342. The van der Waals surface area contributed by atoms with Crippen molar-refractivity contribution in [2.24, 2.45) is 0 Å². The predicted molar refractivity (Wildman–Crippen MR) is 63.3 cm³/mol. The molecule has 0 aliphatic rings. The van der Waals surface area contributed by atoms with Gasteiger partial charge in [-0.2, -0.15) is 13.2 Å². The minimum Gasteiger partial charge on any atom is -0.480 e. The van der Waals surface area contributed by atoms with Crippen molar-refractivity contribution < 1.29 is 27.9 Å². The molecule has 0 aliphatic carbocycles. The van der Waals surface area contributed by atoms with E-state index in [1.165, 1.54) is 18.5 Å². The molecule has 1 aromatic rings. The topological polar surface area (TPSA) is 82.5 Å². The van der Waals surface area contributed by atoms with Crippen LogP contribution in [0.2, 0.25) is 0 Å². The molecule has 0 radical (unpaired) electrons. The summed E-state index contributed by atoms with van der Waals surface area (Å²) in [5.74, 6) is -1.54. The Morgan fingerprint density at radius 2 is 2.05 bits per heavy atom. The van der Waals surface area contributed by atoms with Gasteiger partial charge in [-0.15, -0.1) is 0 Å². The standard InChI is InChI=1S/C11H12F3N3O3/c1-7-2-8(4-15-3-7)16-10(20)17(5-9(18)19)6-11(12,13)14/h2-4H,5-6H2,1H3,(H,16,20)(H,18,19). The zero-order valence-corrected chi connectivity index (χ0v) is 10.4. The van der Waals surface area contributed by atoms with Crippen molar-refractivity contribution in [3.05, 3.63) is 24.0 Å². The molecule has 1 rings (SSSR count). The van der Waals surface area contributed by atoms with E-state index in [0.717, 1.165) is 0 Å². The number of aryl methyl sites for hydroxylation is 1. The number of pyridine rings is 1. The summed E-state index contributed by atoms with van der Waals surface area (Å²) in [4.78, 5) is 26.1. The van der Waals surface area contributed by atoms with E-state index in [2.05, 4.69) is 10.3 Å². The highest BCUT2D eigenvalue weighted by Crippen LogP contribution is 2.17. The third-order valence-electron chi connectivity index (χ3n) is 2.11. The van der Waals surface area contributed by atoms with Gasteiger partial charge in [0.1, 0.15) is 13.1 Å². The molecule has 0 aliphatic heterocycles. The lowest BCUT2D eigenvalue weighted by atomic mass is 10.3. The lowest BCUT2D eigenvalue weighted by Gasteiger charge is -2.22. The highest BCUT2D eigenvalue weighted by molar-refractivity contribution is 5.91. The molecule has 1 aromatic heterocycles. The number of hydrogen-bond donors (Lipinski definition) is 2. The van der Waals surface area contributed by atoms with E-state index in [-0.39, 0.29) is 10.6 Å². The Hall–Kier alpha value is -2.32. The van der Waals surface area contributed by atoms with E-state index in [9.17, 15) is 22.8 Å². The summed E-state index contributed by atoms with van der Waals surface area (Å²) in [5.41, 5.74) is 0.885. The van der Waals surface area contributed by atoms with Crippen LogP contribution in [0.4, 0.5) is 23.7 Å². The normalized spacial score (nSPS) is 11.0. The van der Waals surface area contributed by atoms with Crippen LogP contribution < -0.4 is 5.32 Å². The van der Waals surface area contributed by atoms with E-state index in [1.54, 1.807) is 6.92 Å². The quantitative estimate of drug-likeness (QED) is 0.887. The van der Waals surface area contributed by atoms with E-state index in [4.69, 9.17) is 5.11 Å². The van der Waals surface area contributed by atoms with Crippen LogP contribution in [0.3, 0.4) is 0 Å². The van der Waals surface area contributed by atoms with Crippen molar-refractivity contribution in [2.45, 2.75) is 13.1 Å². The van der Waals surface area contributed by atoms with Crippen LogP contribution in [-0.2, 0) is 4.79 Å². The van der Waals surface area contributed by atoms with Crippen molar-refractivity contribution >= 4 is 17.7 Å². The van der Waals surface area contributed by atoms with Gasteiger partial charge in [-0.25, -0.2) is 4.79 Å². The number of carboxylic acids is 1. The fraction of sp³-hybridized carbons (Fsp3) is 0.364. The van der Waals surface area contributed by atoms with Gasteiger partial charge in [0.15, 0.2) is 0 Å². The number of amides is 2. The third-order valence-corrected chi connectivity index (χ3v) is 2.11. The van der Waals surface area contributed by atoms with Gasteiger partial charge < -0.3 is 15.3 Å². The molecule has 0 aromatic carbocycles. The maximum atomic E-state index is 12.3. The van der Waals surface area contributed by atoms with Gasteiger partial charge in [0, 0.05) is 6.20 Å². The molecule has 2 N–H and O–H groups in total. The Morgan fingerprint density at radius 1 is 1.40 bits per heavy atom. The SMILES string of the molecule is Cc1cncc(NC(=O)N(CC(=O)O)CC(F)(F)F)c1. The number of carboxylic acid groups (broad SMARTS) is 1. The molecule has 0 fully saturated rings. The maximum Gasteiger partial charge on any atom is 0.406 e. The van der Waals surface area contributed by atoms with E-state index in [0.29, 0.717) is 5.56 Å². The Labute approximate surface area is 112 Å². The predicted octanol–water partition coefficient (Wildman–Crippen LogP) is 1.87. The molecule has 110 valence electrons. The highest BCUT2D eigenvalue weighted by atomic mass is 19.4. The second-order valence-corrected chi connectivity index (χ2v) is 4.05. The van der Waals surface area contributed by atoms with E-state index >= 15 is 0 Å². The molecule has 0 saturated heterocycles. The molecular formula is C11H12F3N3O3. The first-order valence-corrected chi connectivity index (χ1v) is 5.43. The molecule has 0 atom stereocenters. The zero-order chi connectivity index (χ0) is 15.3. The average molecular weight is 291 g/mol. The van der Waals surface area contributed by atoms with Gasteiger partial charge in [-0.1, -0.05) is 0 Å². The largest absolute Gasteiger partial charge is 0.480 e. The average Bonchev–Trinajstić information content (AvgIpc) is 2.25. The first kappa shape index (κ1) is 15.7. The van der Waals surface area contributed by atoms with Crippen LogP contribution in [-0.4, -0.2) is 46.3 Å². The minimum atomic E-state index is -4.68. The Kier molecular flexibility index (Phi) is 4.89. The van der Waals surface area contributed by atoms with Crippen LogP contribution in [0.1, 0.15) is 5.56 Å². The number of alkyl halides is 3. The maximum absolute atomic E-state index is 12.3. The van der Waals surface area contributed by atoms with Gasteiger partial charge in [-0.3, -0.25) is 9.78 Å². The first-order valence-electron chi connectivity index (χ1n) is 5.43. The fourth-order valence-electron chi connectivity index (χ4n) is 1.41. The van der Waals surface area contributed by atoms with Gasteiger partial charge >= 0.3 is 18.2 Å². The molecular weight excluding hydrogens is 279 g/mol. The van der Waals surface area contributed by atoms with Gasteiger partial charge in [0.2, 0.25) is 0 Å². The van der Waals surface area contributed by atoms with Crippen LogP contribution >= 0.6 is 0 Å². The van der Waals surface area contributed by atoms with Crippen molar-refractivity contribution in [3.8, 4) is 0 Å². The smallest absolute Gasteiger partial charge is 0.406 e. The minimum absolute atomic E-state index is 0.157. The number of aliphatic carboxylic acids is 1. The van der Waals surface area contributed by atoms with Crippen LogP contribution in [0, 0.1) is 6.92 Å². The van der Waals surface area contributed by atoms with Crippen molar-refractivity contribution in [2.75, 3.05) is 18.4 Å². The lowest BCUT2D eigenvalue weighted by Crippen LogP contribution is -2.44. The molecule has 20 heavy (non-hydrogen) atoms. The summed E-state index contributed by atoms with van der Waals surface area (Å²) in [6.07, 6.45) is -1.94. The van der Waals surface area contributed by atoms with Gasteiger partial charge in [0.05, 0.1) is 11.9 Å². The number of aromatic nitrogens is 1. The number of carbonyl (C=O) groups is 2. The summed E-state index contributed by atoms with van der Waals surface area (Å²) in [7, 11) is 0. The summed E-state index contributed by atoms with van der Waals surface area (Å²) in [5, 5.41) is 10.7. The molecule has 0 saturated carbocycles. The first-order chi connectivity index (χ1) is 9.17. The molecule has 0 unspecified atom stereocenters. The van der Waals surface area contributed by atoms with Crippen LogP contribution in [0.25, 0.3) is 0 Å². The number of urea groups is 1. The second kappa shape index (κ2) is 6.22. The molecule has 6 nitrogen and oxygen atoms in total. The van der Waals surface area contributed by atoms with Crippen molar-refractivity contribution in [3.63, 3.8) is 0 Å². The number of hydrogen-bond acceptors (Lipinski definition) is 3. The zero-order valence-electron chi connectivity index (χ0n) is 10.4. The number of anilines is 1. The summed E-state index contributed by atoms with van der Waals surface area (Å²) >= 11 is 0. The van der Waals surface area contributed by atoms with E-state index < -0.39 is 31.3 Å². The Balaban J connectivity index is 2.79. The van der Waals surface area contributed by atoms with Crippen molar-refractivity contribution in [1.82, 2.24) is 9.88 Å². The Bertz CT molecular complexity index is 505. The highest BCUT2D eigenvalue weighted by Gasteiger charge is 2.34. The summed E-state index contributed by atoms with van der Waals surface area (Å²) < 4.78 is 36.9. The second-order valence-electron chi connectivity index (χ2n) is 4.05. The fourth-order valence-corrected chi connectivity index (χ4v) is 1.41. The molecule has 0 bridgehead atoms. The van der Waals surface area contributed by atoms with Gasteiger partial charge in [0.25, 0.3) is 0 Å².